The number of carbonyl (C=O) groups excluding carboxylic acids is 1. The van der Waals surface area contributed by atoms with Crippen molar-refractivity contribution < 1.29 is 19.4 Å². The van der Waals surface area contributed by atoms with Crippen LogP contribution < -0.4 is 5.32 Å². The number of nitrogens with zero attached hydrogens (tertiary/aromatic N) is 2. The first-order valence-corrected chi connectivity index (χ1v) is 12.9. The Morgan fingerprint density at radius 2 is 1.56 bits per heavy atom. The average molecular weight is 518 g/mol. The molecule has 1 unspecified atom stereocenters. The molecule has 7 heteroatoms. The van der Waals surface area contributed by atoms with Crippen molar-refractivity contribution in [1.82, 2.24) is 14.7 Å². The summed E-state index contributed by atoms with van der Waals surface area (Å²) in [7, 11) is 0. The summed E-state index contributed by atoms with van der Waals surface area (Å²) in [6, 6.07) is 28.5. The van der Waals surface area contributed by atoms with Gasteiger partial charge in [-0.05, 0) is 41.3 Å². The highest BCUT2D eigenvalue weighted by atomic mass is 16.5. The second kappa shape index (κ2) is 10.1. The first-order valence-electron chi connectivity index (χ1n) is 12.9. The third kappa shape index (κ3) is 4.63. The molecule has 2 aromatic heterocycles. The number of ether oxygens (including phenoxy) is 1. The van der Waals surface area contributed by atoms with Crippen LogP contribution in [0.1, 0.15) is 28.3 Å². The molecule has 3 aromatic carbocycles. The molecule has 1 aliphatic carbocycles. The van der Waals surface area contributed by atoms with Crippen LogP contribution in [0.4, 0.5) is 4.79 Å². The second-order valence-corrected chi connectivity index (χ2v) is 9.77. The Morgan fingerprint density at radius 1 is 0.923 bits per heavy atom. The molecule has 0 bridgehead atoms. The number of carbonyl (C=O) groups is 2. The maximum Gasteiger partial charge on any atom is 0.407 e. The molecule has 0 radical (unpaired) electrons. The van der Waals surface area contributed by atoms with Gasteiger partial charge >= 0.3 is 12.1 Å². The van der Waals surface area contributed by atoms with Gasteiger partial charge in [-0.2, -0.15) is 0 Å². The van der Waals surface area contributed by atoms with Crippen LogP contribution in [0.25, 0.3) is 28.0 Å². The molecular weight excluding hydrogens is 490 g/mol. The fourth-order valence-electron chi connectivity index (χ4n) is 5.36. The van der Waals surface area contributed by atoms with E-state index in [1.165, 1.54) is 0 Å². The highest BCUT2D eigenvalue weighted by Crippen LogP contribution is 2.44. The number of carboxylic acids is 1. The standard InChI is InChI=1S/C32H27N3O4/c1-20-13-15-21(16-14-20)30-28(35-17-7-6-12-29(35)34-30)18-27(31(36)37)33-32(38)39-19-26-24-10-4-2-8-22(24)23-9-3-5-11-25(23)26/h2-17,26-27H,18-19H2,1H3,(H,33,38)(H,36,37). The van der Waals surface area contributed by atoms with E-state index < -0.39 is 18.1 Å². The van der Waals surface area contributed by atoms with Crippen molar-refractivity contribution in [3.63, 3.8) is 0 Å². The molecule has 0 saturated carbocycles. The monoisotopic (exact) mass is 517 g/mol. The van der Waals surface area contributed by atoms with Crippen LogP contribution in [-0.4, -0.2) is 39.2 Å². The van der Waals surface area contributed by atoms with E-state index in [0.29, 0.717) is 17.0 Å². The molecule has 0 spiro atoms. The Kier molecular flexibility index (Phi) is 6.32. The largest absolute Gasteiger partial charge is 0.480 e. The summed E-state index contributed by atoms with van der Waals surface area (Å²) in [5, 5.41) is 12.6. The quantitative estimate of drug-likeness (QED) is 0.283. The molecule has 0 fully saturated rings. The van der Waals surface area contributed by atoms with E-state index in [1.54, 1.807) is 0 Å². The van der Waals surface area contributed by atoms with Crippen LogP contribution in [0.15, 0.2) is 97.2 Å². The number of hydrogen-bond donors (Lipinski definition) is 2. The summed E-state index contributed by atoms with van der Waals surface area (Å²) in [6.45, 7) is 2.11. The zero-order chi connectivity index (χ0) is 26.9. The lowest BCUT2D eigenvalue weighted by atomic mass is 9.98. The van der Waals surface area contributed by atoms with Gasteiger partial charge in [0.05, 0.1) is 11.4 Å². The van der Waals surface area contributed by atoms with E-state index >= 15 is 0 Å². The highest BCUT2D eigenvalue weighted by Gasteiger charge is 2.30. The van der Waals surface area contributed by atoms with Crippen molar-refractivity contribution in [3.8, 4) is 22.4 Å². The third-order valence-corrected chi connectivity index (χ3v) is 7.29. The SMILES string of the molecule is Cc1ccc(-c2nc3ccccn3c2CC(NC(=O)OCC2c3ccccc3-c3ccccc32)C(=O)O)cc1. The van der Waals surface area contributed by atoms with Crippen molar-refractivity contribution in [2.45, 2.75) is 25.3 Å². The molecule has 1 atom stereocenters. The number of aromatic nitrogens is 2. The van der Waals surface area contributed by atoms with Gasteiger partial charge in [-0.25, -0.2) is 14.6 Å². The molecule has 1 aliphatic rings. The lowest BCUT2D eigenvalue weighted by Gasteiger charge is -2.18. The summed E-state index contributed by atoms with van der Waals surface area (Å²) < 4.78 is 7.48. The molecule has 2 heterocycles. The molecule has 0 aliphatic heterocycles. The fourth-order valence-corrected chi connectivity index (χ4v) is 5.36. The van der Waals surface area contributed by atoms with Gasteiger partial charge in [-0.15, -0.1) is 0 Å². The number of aliphatic carboxylic acids is 1. The van der Waals surface area contributed by atoms with Gasteiger partial charge in [-0.3, -0.25) is 0 Å². The first kappa shape index (κ1) is 24.4. The number of imidazole rings is 1. The number of carboxylic acid groups (broad SMARTS) is 1. The van der Waals surface area contributed by atoms with E-state index in [1.807, 2.05) is 96.4 Å². The summed E-state index contributed by atoms with van der Waals surface area (Å²) >= 11 is 0. The molecule has 1 amide bonds. The Morgan fingerprint density at radius 3 is 2.23 bits per heavy atom. The van der Waals surface area contributed by atoms with Crippen molar-refractivity contribution in [3.05, 3.63) is 120 Å². The maximum absolute atomic E-state index is 12.9. The van der Waals surface area contributed by atoms with Crippen LogP contribution in [0.3, 0.4) is 0 Å². The van der Waals surface area contributed by atoms with Gasteiger partial charge in [0.2, 0.25) is 0 Å². The van der Waals surface area contributed by atoms with Crippen molar-refractivity contribution in [2.75, 3.05) is 6.61 Å². The summed E-state index contributed by atoms with van der Waals surface area (Å²) in [6.07, 6.45) is 1.12. The molecular formula is C32H27N3O4. The number of aryl methyl sites for hydroxylation is 1. The molecule has 7 nitrogen and oxygen atoms in total. The lowest BCUT2D eigenvalue weighted by Crippen LogP contribution is -2.43. The van der Waals surface area contributed by atoms with Gasteiger partial charge in [0, 0.05) is 24.1 Å². The van der Waals surface area contributed by atoms with Crippen LogP contribution in [0.2, 0.25) is 0 Å². The number of hydrogen-bond acceptors (Lipinski definition) is 4. The van der Waals surface area contributed by atoms with Crippen LogP contribution in [0.5, 0.6) is 0 Å². The molecule has 0 saturated heterocycles. The Labute approximate surface area is 225 Å². The van der Waals surface area contributed by atoms with E-state index in [0.717, 1.165) is 33.4 Å². The van der Waals surface area contributed by atoms with Crippen LogP contribution >= 0.6 is 0 Å². The first-order chi connectivity index (χ1) is 19.0. The Balaban J connectivity index is 1.22. The van der Waals surface area contributed by atoms with E-state index in [4.69, 9.17) is 9.72 Å². The molecule has 5 aromatic rings. The van der Waals surface area contributed by atoms with Crippen molar-refractivity contribution in [2.24, 2.45) is 0 Å². The van der Waals surface area contributed by atoms with Gasteiger partial charge in [0.25, 0.3) is 0 Å². The predicted octanol–water partition coefficient (Wildman–Crippen LogP) is 5.84. The van der Waals surface area contributed by atoms with Crippen molar-refractivity contribution in [1.29, 1.82) is 0 Å². The van der Waals surface area contributed by atoms with Crippen LogP contribution in [0, 0.1) is 6.92 Å². The zero-order valence-electron chi connectivity index (χ0n) is 21.4. The topological polar surface area (TPSA) is 92.9 Å². The Hall–Kier alpha value is -4.91. The lowest BCUT2D eigenvalue weighted by molar-refractivity contribution is -0.139. The van der Waals surface area contributed by atoms with Gasteiger partial charge < -0.3 is 19.6 Å². The van der Waals surface area contributed by atoms with E-state index in [2.05, 4.69) is 17.4 Å². The number of benzene rings is 3. The maximum atomic E-state index is 12.9. The number of fused-ring (bicyclic) bond motifs is 4. The minimum atomic E-state index is -1.20. The number of nitrogens with one attached hydrogen (secondary N) is 1. The molecule has 39 heavy (non-hydrogen) atoms. The second-order valence-electron chi connectivity index (χ2n) is 9.77. The van der Waals surface area contributed by atoms with Gasteiger partial charge in [0.15, 0.2) is 0 Å². The highest BCUT2D eigenvalue weighted by molar-refractivity contribution is 5.82. The number of pyridine rings is 1. The number of rotatable bonds is 7. The van der Waals surface area contributed by atoms with Gasteiger partial charge in [0.1, 0.15) is 18.3 Å². The summed E-state index contributed by atoms with van der Waals surface area (Å²) in [5.41, 5.74) is 8.51. The van der Waals surface area contributed by atoms with Crippen molar-refractivity contribution >= 4 is 17.7 Å². The average Bonchev–Trinajstić information content (AvgIpc) is 3.47. The normalized spacial score (nSPS) is 13.1. The molecule has 6 rings (SSSR count). The van der Waals surface area contributed by atoms with Gasteiger partial charge in [-0.1, -0.05) is 84.4 Å². The zero-order valence-corrected chi connectivity index (χ0v) is 21.4. The third-order valence-electron chi connectivity index (χ3n) is 7.29. The smallest absolute Gasteiger partial charge is 0.407 e. The number of alkyl carbamates (subject to hydrolysis) is 1. The summed E-state index contributed by atoms with van der Waals surface area (Å²) in [5.74, 6) is -1.26. The Bertz CT molecular complexity index is 1640. The summed E-state index contributed by atoms with van der Waals surface area (Å²) in [4.78, 5) is 29.9. The van der Waals surface area contributed by atoms with E-state index in [9.17, 15) is 14.7 Å². The number of amides is 1. The molecule has 2 N–H and O–H groups in total. The molecule has 194 valence electrons. The minimum absolute atomic E-state index is 0.0356. The van der Waals surface area contributed by atoms with Crippen LogP contribution in [-0.2, 0) is 16.0 Å². The minimum Gasteiger partial charge on any atom is -0.480 e. The predicted molar refractivity (Wildman–Crippen MR) is 149 cm³/mol. The fraction of sp³-hybridized carbons (Fsp3) is 0.156. The van der Waals surface area contributed by atoms with E-state index in [-0.39, 0.29) is 18.9 Å².